The Morgan fingerprint density at radius 2 is 2.00 bits per heavy atom. The summed E-state index contributed by atoms with van der Waals surface area (Å²) >= 11 is 4.89. The maximum Gasteiger partial charge on any atom is 0.265 e. The number of carbonyl (C=O) groups excluding carboxylic acids is 1. The van der Waals surface area contributed by atoms with Crippen molar-refractivity contribution in [2.45, 2.75) is 13.0 Å². The van der Waals surface area contributed by atoms with Gasteiger partial charge in [-0.25, -0.2) is 0 Å². The smallest absolute Gasteiger partial charge is 0.265 e. The van der Waals surface area contributed by atoms with Gasteiger partial charge < -0.3 is 10.6 Å². The van der Waals surface area contributed by atoms with E-state index < -0.39 is 0 Å². The number of nitrogens with two attached hydrogens (primary N) is 1. The molecule has 5 heteroatoms. The van der Waals surface area contributed by atoms with Crippen LogP contribution in [0.4, 0.5) is 0 Å². The second kappa shape index (κ2) is 7.57. The molecular weight excluding hydrogens is 336 g/mol. The number of carbonyl (C=O) groups is 1. The molecule has 2 N–H and O–H groups in total. The van der Waals surface area contributed by atoms with Crippen molar-refractivity contribution in [3.05, 3.63) is 56.7 Å². The van der Waals surface area contributed by atoms with E-state index in [0.29, 0.717) is 19.6 Å². The zero-order valence-corrected chi connectivity index (χ0v) is 13.5. The maximum absolute atomic E-state index is 12.6. The van der Waals surface area contributed by atoms with E-state index >= 15 is 0 Å². The molecule has 2 aromatic rings. The summed E-state index contributed by atoms with van der Waals surface area (Å²) in [5.41, 5.74) is 6.70. The predicted molar refractivity (Wildman–Crippen MR) is 86.9 cm³/mol. The van der Waals surface area contributed by atoms with E-state index in [1.54, 1.807) is 0 Å². The third kappa shape index (κ3) is 3.91. The zero-order valence-electron chi connectivity index (χ0n) is 11.1. The fourth-order valence-corrected chi connectivity index (χ4v) is 3.44. The molecule has 0 aliphatic rings. The Bertz CT molecular complexity index is 556. The van der Waals surface area contributed by atoms with Gasteiger partial charge in [0.25, 0.3) is 5.91 Å². The quantitative estimate of drug-likeness (QED) is 0.864. The van der Waals surface area contributed by atoms with E-state index in [9.17, 15) is 4.79 Å². The Kier molecular flexibility index (Phi) is 5.76. The van der Waals surface area contributed by atoms with Crippen molar-refractivity contribution in [1.29, 1.82) is 0 Å². The Balaban J connectivity index is 2.15. The van der Waals surface area contributed by atoms with Crippen LogP contribution in [-0.2, 0) is 6.54 Å². The molecule has 20 heavy (non-hydrogen) atoms. The van der Waals surface area contributed by atoms with Crippen molar-refractivity contribution < 1.29 is 4.79 Å². The fraction of sp³-hybridized carbons (Fsp3) is 0.267. The summed E-state index contributed by atoms with van der Waals surface area (Å²) in [6.45, 7) is 1.88. The Morgan fingerprint density at radius 3 is 2.60 bits per heavy atom. The molecule has 1 heterocycles. The lowest BCUT2D eigenvalue weighted by Crippen LogP contribution is -2.32. The second-order valence-corrected chi connectivity index (χ2v) is 6.22. The van der Waals surface area contributed by atoms with Crippen LogP contribution in [0.25, 0.3) is 0 Å². The minimum atomic E-state index is 0.0594. The maximum atomic E-state index is 12.6. The summed E-state index contributed by atoms with van der Waals surface area (Å²) in [5, 5.41) is 1.92. The van der Waals surface area contributed by atoms with Crippen LogP contribution >= 0.6 is 27.3 Å². The molecular formula is C15H17BrN2OS. The highest BCUT2D eigenvalue weighted by atomic mass is 79.9. The van der Waals surface area contributed by atoms with E-state index in [4.69, 9.17) is 5.73 Å². The molecule has 0 bridgehead atoms. The molecule has 2 rings (SSSR count). The number of thiophene rings is 1. The zero-order chi connectivity index (χ0) is 14.4. The lowest BCUT2D eigenvalue weighted by atomic mass is 10.2. The van der Waals surface area contributed by atoms with Crippen molar-refractivity contribution in [2.75, 3.05) is 13.1 Å². The third-order valence-corrected chi connectivity index (χ3v) is 4.77. The van der Waals surface area contributed by atoms with Crippen molar-refractivity contribution >= 4 is 33.2 Å². The SMILES string of the molecule is NCCCN(Cc1ccccc1)C(=O)c1sccc1Br. The fourth-order valence-electron chi connectivity index (χ4n) is 1.93. The number of hydrogen-bond acceptors (Lipinski definition) is 3. The van der Waals surface area contributed by atoms with Crippen LogP contribution < -0.4 is 5.73 Å². The predicted octanol–water partition coefficient (Wildman–Crippen LogP) is 3.50. The molecule has 0 atom stereocenters. The van der Waals surface area contributed by atoms with Gasteiger partial charge in [0.1, 0.15) is 4.88 Å². The highest BCUT2D eigenvalue weighted by Gasteiger charge is 2.19. The van der Waals surface area contributed by atoms with Gasteiger partial charge >= 0.3 is 0 Å². The van der Waals surface area contributed by atoms with Crippen molar-refractivity contribution in [2.24, 2.45) is 5.73 Å². The molecule has 0 aliphatic heterocycles. The van der Waals surface area contributed by atoms with Gasteiger partial charge in [-0.05, 0) is 45.9 Å². The van der Waals surface area contributed by atoms with E-state index in [2.05, 4.69) is 15.9 Å². The number of rotatable bonds is 6. The second-order valence-electron chi connectivity index (χ2n) is 4.45. The minimum absolute atomic E-state index is 0.0594. The van der Waals surface area contributed by atoms with Crippen LogP contribution in [0.15, 0.2) is 46.3 Å². The van der Waals surface area contributed by atoms with Gasteiger partial charge in [0.15, 0.2) is 0 Å². The van der Waals surface area contributed by atoms with Crippen LogP contribution in [0.3, 0.4) is 0 Å². The van der Waals surface area contributed by atoms with E-state index in [1.165, 1.54) is 11.3 Å². The number of hydrogen-bond donors (Lipinski definition) is 1. The molecule has 0 unspecified atom stereocenters. The van der Waals surface area contributed by atoms with Gasteiger partial charge in [-0.15, -0.1) is 11.3 Å². The molecule has 0 aliphatic carbocycles. The van der Waals surface area contributed by atoms with E-state index in [-0.39, 0.29) is 5.91 Å². The summed E-state index contributed by atoms with van der Waals surface area (Å²) in [6.07, 6.45) is 0.807. The van der Waals surface area contributed by atoms with Gasteiger partial charge in [0.05, 0.1) is 0 Å². The number of amides is 1. The first kappa shape index (κ1) is 15.2. The standard InChI is InChI=1S/C15H17BrN2OS/c16-13-7-10-20-14(13)15(19)18(9-4-8-17)11-12-5-2-1-3-6-12/h1-3,5-7,10H,4,8-9,11,17H2. The average Bonchev–Trinajstić information content (AvgIpc) is 2.90. The summed E-state index contributed by atoms with van der Waals surface area (Å²) in [6, 6.07) is 11.9. The molecule has 0 radical (unpaired) electrons. The highest BCUT2D eigenvalue weighted by molar-refractivity contribution is 9.10. The monoisotopic (exact) mass is 352 g/mol. The lowest BCUT2D eigenvalue weighted by Gasteiger charge is -2.22. The Labute approximate surface area is 131 Å². The first-order chi connectivity index (χ1) is 9.72. The molecule has 0 saturated heterocycles. The van der Waals surface area contributed by atoms with Gasteiger partial charge in [-0.1, -0.05) is 30.3 Å². The van der Waals surface area contributed by atoms with Crippen LogP contribution in [0, 0.1) is 0 Å². The van der Waals surface area contributed by atoms with E-state index in [0.717, 1.165) is 21.3 Å². The van der Waals surface area contributed by atoms with Crippen LogP contribution in [0.1, 0.15) is 21.7 Å². The van der Waals surface area contributed by atoms with Gasteiger partial charge in [0.2, 0.25) is 0 Å². The molecule has 0 fully saturated rings. The first-order valence-electron chi connectivity index (χ1n) is 6.48. The molecule has 106 valence electrons. The third-order valence-electron chi connectivity index (χ3n) is 2.95. The number of benzene rings is 1. The van der Waals surface area contributed by atoms with Gasteiger partial charge in [0, 0.05) is 17.6 Å². The van der Waals surface area contributed by atoms with Crippen LogP contribution in [0.2, 0.25) is 0 Å². The summed E-state index contributed by atoms with van der Waals surface area (Å²) in [5.74, 6) is 0.0594. The molecule has 1 aromatic heterocycles. The lowest BCUT2D eigenvalue weighted by molar-refractivity contribution is 0.0746. The largest absolute Gasteiger partial charge is 0.334 e. The molecule has 3 nitrogen and oxygen atoms in total. The molecule has 0 saturated carbocycles. The summed E-state index contributed by atoms with van der Waals surface area (Å²) in [7, 11) is 0. The Morgan fingerprint density at radius 1 is 1.25 bits per heavy atom. The number of halogens is 1. The van der Waals surface area contributed by atoms with Crippen molar-refractivity contribution in [1.82, 2.24) is 4.90 Å². The first-order valence-corrected chi connectivity index (χ1v) is 8.16. The highest BCUT2D eigenvalue weighted by Crippen LogP contribution is 2.25. The van der Waals surface area contributed by atoms with Crippen molar-refractivity contribution in [3.8, 4) is 0 Å². The van der Waals surface area contributed by atoms with Crippen molar-refractivity contribution in [3.63, 3.8) is 0 Å². The normalized spacial score (nSPS) is 10.5. The van der Waals surface area contributed by atoms with Crippen LogP contribution in [-0.4, -0.2) is 23.9 Å². The topological polar surface area (TPSA) is 46.3 Å². The molecule has 0 spiro atoms. The molecule has 1 amide bonds. The van der Waals surface area contributed by atoms with E-state index in [1.807, 2.05) is 46.7 Å². The summed E-state index contributed by atoms with van der Waals surface area (Å²) < 4.78 is 0.860. The number of nitrogens with zero attached hydrogens (tertiary/aromatic N) is 1. The molecule has 1 aromatic carbocycles. The Hall–Kier alpha value is -1.17. The summed E-state index contributed by atoms with van der Waals surface area (Å²) in [4.78, 5) is 15.2. The minimum Gasteiger partial charge on any atom is -0.334 e. The van der Waals surface area contributed by atoms with Gasteiger partial charge in [-0.3, -0.25) is 4.79 Å². The van der Waals surface area contributed by atoms with Gasteiger partial charge in [-0.2, -0.15) is 0 Å². The average molecular weight is 353 g/mol. The van der Waals surface area contributed by atoms with Crippen LogP contribution in [0.5, 0.6) is 0 Å².